The normalized spacial score (nSPS) is 27.3. The fourth-order valence-corrected chi connectivity index (χ4v) is 3.12. The molecular formula is C20H20F4N4O2. The second-order valence-electron chi connectivity index (χ2n) is 7.28. The van der Waals surface area contributed by atoms with Crippen molar-refractivity contribution >= 4 is 17.4 Å². The Hall–Kier alpha value is -3.17. The average molecular weight is 427 g/mol. The van der Waals surface area contributed by atoms with Crippen molar-refractivity contribution in [3.63, 3.8) is 0 Å². The summed E-state index contributed by atoms with van der Waals surface area (Å²) in [6.45, 7) is 1.80. The first-order valence-corrected chi connectivity index (χ1v) is 8.73. The molecule has 0 saturated carbocycles. The lowest BCUT2D eigenvalue weighted by molar-refractivity contribution is -0.106. The molecule has 3 N–H and O–H groups in total. The highest BCUT2D eigenvalue weighted by Crippen LogP contribution is 2.50. The van der Waals surface area contributed by atoms with Crippen molar-refractivity contribution in [2.45, 2.75) is 37.4 Å². The maximum absolute atomic E-state index is 14.9. The van der Waals surface area contributed by atoms with E-state index in [-0.39, 0.29) is 17.1 Å². The number of alkyl halides is 3. The highest BCUT2D eigenvalue weighted by molar-refractivity contribution is 6.03. The first-order chi connectivity index (χ1) is 15.0. The van der Waals surface area contributed by atoms with Crippen molar-refractivity contribution in [1.29, 1.82) is 0 Å². The average Bonchev–Trinajstić information content (AvgIpc) is 2.66. The van der Waals surface area contributed by atoms with E-state index in [4.69, 9.17) is 9.85 Å². The predicted octanol–water partition coefficient (Wildman–Crippen LogP) is 3.82. The third kappa shape index (κ3) is 3.69. The number of aromatic nitrogens is 1. The summed E-state index contributed by atoms with van der Waals surface area (Å²) >= 11 is 0. The number of methoxy groups -OCH3 is 1. The smallest absolute Gasteiger partial charge is 0.280 e. The Morgan fingerprint density at radius 2 is 2.00 bits per heavy atom. The minimum absolute atomic E-state index is 0.0552. The molecule has 1 aliphatic heterocycles. The lowest BCUT2D eigenvalue weighted by atomic mass is 9.77. The summed E-state index contributed by atoms with van der Waals surface area (Å²) in [5, 5.41) is 2.39. The number of carbonyl (C=O) groups is 1. The van der Waals surface area contributed by atoms with Crippen LogP contribution in [0.2, 0.25) is 0 Å². The van der Waals surface area contributed by atoms with Crippen LogP contribution in [0.25, 0.3) is 0 Å². The van der Waals surface area contributed by atoms with E-state index < -0.39 is 53.7 Å². The van der Waals surface area contributed by atoms with Crippen LogP contribution in [0.4, 0.5) is 23.2 Å². The molecular weight excluding hydrogens is 404 g/mol. The molecule has 0 fully saturated rings. The molecule has 1 aromatic carbocycles. The molecule has 0 radical (unpaired) electrons. The van der Waals surface area contributed by atoms with E-state index in [0.29, 0.717) is 0 Å². The molecule has 1 aliphatic rings. The Balaban J connectivity index is 1.89. The van der Waals surface area contributed by atoms with Gasteiger partial charge in [0.1, 0.15) is 23.1 Å². The Labute approximate surface area is 174 Å². The number of nitrogens with two attached hydrogens (primary N) is 1. The summed E-state index contributed by atoms with van der Waals surface area (Å²) < 4.78 is 84.5. The molecule has 3 rings (SSSR count). The third-order valence-electron chi connectivity index (χ3n) is 4.98. The van der Waals surface area contributed by atoms with E-state index >= 15 is 0 Å². The monoisotopic (exact) mass is 427 g/mol. The number of halogens is 4. The molecule has 2 atom stereocenters. The molecule has 0 saturated heterocycles. The molecule has 2 aromatic rings. The van der Waals surface area contributed by atoms with Crippen LogP contribution in [0.1, 0.15) is 40.4 Å². The second-order valence-corrected chi connectivity index (χ2v) is 7.28. The zero-order valence-corrected chi connectivity index (χ0v) is 16.0. The Bertz CT molecular complexity index is 1110. The van der Waals surface area contributed by atoms with Gasteiger partial charge in [-0.2, -0.15) is 0 Å². The molecule has 0 bridgehead atoms. The number of pyridine rings is 1. The summed E-state index contributed by atoms with van der Waals surface area (Å²) in [6, 6.07) is 5.36. The Morgan fingerprint density at radius 1 is 1.27 bits per heavy atom. The summed E-state index contributed by atoms with van der Waals surface area (Å²) in [7, 11) is -2.70. The fraction of sp³-hybridized carbons (Fsp3) is 0.350. The number of amidine groups is 1. The van der Waals surface area contributed by atoms with E-state index in [1.165, 1.54) is 12.1 Å². The molecule has 1 amide bonds. The highest BCUT2D eigenvalue weighted by Gasteiger charge is 2.60. The van der Waals surface area contributed by atoms with Crippen LogP contribution >= 0.6 is 0 Å². The molecule has 0 spiro atoms. The lowest BCUT2D eigenvalue weighted by Crippen LogP contribution is -2.56. The van der Waals surface area contributed by atoms with Gasteiger partial charge in [-0.1, -0.05) is 0 Å². The zero-order valence-electron chi connectivity index (χ0n) is 19.0. The van der Waals surface area contributed by atoms with E-state index in [2.05, 4.69) is 20.0 Å². The van der Waals surface area contributed by atoms with Gasteiger partial charge in [-0.3, -0.25) is 9.79 Å². The first kappa shape index (κ1) is 17.7. The van der Waals surface area contributed by atoms with Crippen molar-refractivity contribution in [2.24, 2.45) is 10.7 Å². The Morgan fingerprint density at radius 3 is 2.63 bits per heavy atom. The van der Waals surface area contributed by atoms with Crippen molar-refractivity contribution in [3.8, 4) is 5.75 Å². The van der Waals surface area contributed by atoms with Crippen molar-refractivity contribution in [3.05, 3.63) is 53.6 Å². The van der Waals surface area contributed by atoms with Gasteiger partial charge in [0.25, 0.3) is 11.8 Å². The number of hydrogen-bond acceptors (Lipinski definition) is 5. The standard InChI is InChI=1S/C20H20F4N4O2/c1-18(22)10-20(23,24)19(2,28-17(18)25)13-8-11(4-6-14(13)21)27-16(29)15-7-5-12(30-3)9-26-15/h4-9H,10H2,1-3H3,(H2,25,28)(H,27,29)/t18-,19-/m1/s1/i3D3. The minimum Gasteiger partial charge on any atom is -0.495 e. The van der Waals surface area contributed by atoms with Crippen LogP contribution in [0.15, 0.2) is 41.5 Å². The Kier molecular flexibility index (Phi) is 4.28. The number of hydrogen-bond donors (Lipinski definition) is 2. The fourth-order valence-electron chi connectivity index (χ4n) is 3.12. The summed E-state index contributed by atoms with van der Waals surface area (Å²) in [5.74, 6) is -6.40. The number of nitrogens with zero attached hydrogens (tertiary/aromatic N) is 2. The zero-order chi connectivity index (χ0) is 24.8. The van der Waals surface area contributed by atoms with Crippen molar-refractivity contribution in [2.75, 3.05) is 12.4 Å². The summed E-state index contributed by atoms with van der Waals surface area (Å²) in [6.07, 6.45) is -0.275. The predicted molar refractivity (Wildman–Crippen MR) is 103 cm³/mol. The summed E-state index contributed by atoms with van der Waals surface area (Å²) in [4.78, 5) is 19.9. The molecule has 10 heteroatoms. The van der Waals surface area contributed by atoms with Gasteiger partial charge in [-0.15, -0.1) is 0 Å². The minimum atomic E-state index is -3.79. The van der Waals surface area contributed by atoms with Crippen LogP contribution in [-0.2, 0) is 5.54 Å². The molecule has 0 aliphatic carbocycles. The van der Waals surface area contributed by atoms with Crippen LogP contribution in [0.3, 0.4) is 0 Å². The van der Waals surface area contributed by atoms with Gasteiger partial charge in [0.15, 0.2) is 11.2 Å². The van der Waals surface area contributed by atoms with Crippen LogP contribution in [-0.4, -0.2) is 35.4 Å². The van der Waals surface area contributed by atoms with Gasteiger partial charge in [-0.25, -0.2) is 22.5 Å². The summed E-state index contributed by atoms with van der Waals surface area (Å²) in [5.41, 5.74) is -0.329. The molecule has 0 unspecified atom stereocenters. The second kappa shape index (κ2) is 7.26. The highest BCUT2D eigenvalue weighted by atomic mass is 19.3. The quantitative estimate of drug-likeness (QED) is 0.726. The molecule has 160 valence electrons. The first-order valence-electron chi connectivity index (χ1n) is 10.2. The van der Waals surface area contributed by atoms with E-state index in [9.17, 15) is 22.4 Å². The number of anilines is 1. The van der Waals surface area contributed by atoms with Gasteiger partial charge in [-0.05, 0) is 44.2 Å². The van der Waals surface area contributed by atoms with Crippen molar-refractivity contribution in [1.82, 2.24) is 4.98 Å². The van der Waals surface area contributed by atoms with E-state index in [1.54, 1.807) is 0 Å². The largest absolute Gasteiger partial charge is 0.495 e. The van der Waals surface area contributed by atoms with E-state index in [1.807, 2.05) is 0 Å². The molecule has 2 heterocycles. The molecule has 30 heavy (non-hydrogen) atoms. The van der Waals surface area contributed by atoms with Gasteiger partial charge in [0.2, 0.25) is 0 Å². The van der Waals surface area contributed by atoms with Gasteiger partial charge in [0.05, 0.1) is 23.8 Å². The maximum Gasteiger partial charge on any atom is 0.280 e. The van der Waals surface area contributed by atoms with Gasteiger partial charge in [0, 0.05) is 11.3 Å². The number of rotatable bonds is 4. The molecule has 6 nitrogen and oxygen atoms in total. The third-order valence-corrected chi connectivity index (χ3v) is 4.98. The maximum atomic E-state index is 14.9. The van der Waals surface area contributed by atoms with Gasteiger partial charge < -0.3 is 15.8 Å². The number of ether oxygens (including phenoxy) is 1. The SMILES string of the molecule is [2H]C([2H])([2H])Oc1ccc(C(=O)Nc2ccc(F)c([C@@]3(C)N=C(N)[C@](C)(F)CC3(F)F)c2)nc1. The lowest BCUT2D eigenvalue weighted by Gasteiger charge is -2.42. The van der Waals surface area contributed by atoms with Crippen LogP contribution in [0, 0.1) is 5.82 Å². The number of aliphatic imine (C=N–C) groups is 1. The topological polar surface area (TPSA) is 89.6 Å². The van der Waals surface area contributed by atoms with Crippen LogP contribution in [0.5, 0.6) is 5.75 Å². The van der Waals surface area contributed by atoms with Crippen molar-refractivity contribution < 1.29 is 31.2 Å². The van der Waals surface area contributed by atoms with Crippen LogP contribution < -0.4 is 15.8 Å². The number of benzene rings is 1. The number of amides is 1. The van der Waals surface area contributed by atoms with E-state index in [0.717, 1.165) is 38.2 Å². The number of nitrogens with one attached hydrogen (secondary N) is 1. The van der Waals surface area contributed by atoms with Gasteiger partial charge >= 0.3 is 0 Å². The molecule has 1 aromatic heterocycles. The number of carbonyl (C=O) groups excluding carboxylic acids is 1.